The molecule has 1 saturated carbocycles. The number of piperidine rings is 1. The van der Waals surface area contributed by atoms with E-state index in [2.05, 4.69) is 0 Å². The number of likely N-dealkylation sites (tertiary alicyclic amines) is 1. The predicted molar refractivity (Wildman–Crippen MR) is 128 cm³/mol. The van der Waals surface area contributed by atoms with Crippen LogP contribution in [0.2, 0.25) is 0 Å². The highest BCUT2D eigenvalue weighted by Crippen LogP contribution is 2.47. The van der Waals surface area contributed by atoms with Crippen molar-refractivity contribution >= 4 is 11.7 Å². The number of fused-ring (bicyclic) bond motifs is 1. The van der Waals surface area contributed by atoms with E-state index in [1.54, 1.807) is 30.3 Å². The fourth-order valence-electron chi connectivity index (χ4n) is 5.79. The van der Waals surface area contributed by atoms with Gasteiger partial charge in [0, 0.05) is 29.6 Å². The van der Waals surface area contributed by atoms with Crippen LogP contribution in [-0.4, -0.2) is 34.3 Å². The molecular weight excluding hydrogens is 410 g/mol. The molecular formula is C29H29NO3. The second-order valence-electron chi connectivity index (χ2n) is 9.24. The Kier molecular flexibility index (Phi) is 5.86. The molecule has 3 aromatic carbocycles. The molecule has 1 saturated heterocycles. The van der Waals surface area contributed by atoms with Crippen LogP contribution in [0.5, 0.6) is 0 Å². The van der Waals surface area contributed by atoms with Gasteiger partial charge in [-0.25, -0.2) is 0 Å². The fraction of sp³-hybridized carbons (Fsp3) is 0.310. The zero-order valence-corrected chi connectivity index (χ0v) is 18.7. The van der Waals surface area contributed by atoms with Gasteiger partial charge in [0.1, 0.15) is 0 Å². The number of amides is 1. The minimum atomic E-state index is -0.928. The Bertz CT molecular complexity index is 1140. The van der Waals surface area contributed by atoms with E-state index in [1.165, 1.54) is 0 Å². The second kappa shape index (κ2) is 8.95. The third kappa shape index (κ3) is 3.89. The van der Waals surface area contributed by atoms with Crippen molar-refractivity contribution in [3.8, 4) is 0 Å². The Morgan fingerprint density at radius 2 is 1.39 bits per heavy atom. The topological polar surface area (TPSA) is 57.6 Å². The minimum Gasteiger partial charge on any atom is -0.385 e. The van der Waals surface area contributed by atoms with Crippen LogP contribution >= 0.6 is 0 Å². The van der Waals surface area contributed by atoms with Crippen molar-refractivity contribution in [2.45, 2.75) is 43.7 Å². The molecule has 168 valence electrons. The third-order valence-electron chi connectivity index (χ3n) is 7.45. The van der Waals surface area contributed by atoms with Crippen LogP contribution in [-0.2, 0) is 5.60 Å². The first kappa shape index (κ1) is 21.6. The summed E-state index contributed by atoms with van der Waals surface area (Å²) in [7, 11) is 0. The van der Waals surface area contributed by atoms with Crippen molar-refractivity contribution < 1.29 is 14.7 Å². The number of carbonyl (C=O) groups excluding carboxylic acids is 2. The number of carbonyl (C=O) groups is 2. The summed E-state index contributed by atoms with van der Waals surface area (Å²) in [5.41, 5.74) is 1.47. The lowest BCUT2D eigenvalue weighted by Gasteiger charge is -2.52. The van der Waals surface area contributed by atoms with Crippen LogP contribution in [0.15, 0.2) is 84.9 Å². The Morgan fingerprint density at radius 1 is 0.788 bits per heavy atom. The first-order valence-corrected chi connectivity index (χ1v) is 11.9. The molecule has 1 aliphatic heterocycles. The minimum absolute atomic E-state index is 0.0108. The van der Waals surface area contributed by atoms with Crippen LogP contribution in [0.1, 0.15) is 63.9 Å². The van der Waals surface area contributed by atoms with E-state index in [0.717, 1.165) is 31.2 Å². The van der Waals surface area contributed by atoms with Gasteiger partial charge < -0.3 is 10.0 Å². The lowest BCUT2D eigenvalue weighted by Crippen LogP contribution is -2.59. The maximum atomic E-state index is 13.9. The molecule has 2 fully saturated rings. The number of rotatable bonds is 4. The van der Waals surface area contributed by atoms with Crippen molar-refractivity contribution in [2.24, 2.45) is 5.92 Å². The molecule has 1 N–H and O–H groups in total. The summed E-state index contributed by atoms with van der Waals surface area (Å²) in [6.45, 7) is 0.471. The Labute approximate surface area is 194 Å². The van der Waals surface area contributed by atoms with Crippen molar-refractivity contribution in [3.63, 3.8) is 0 Å². The monoisotopic (exact) mass is 439 g/mol. The number of ketones is 1. The molecule has 0 aromatic heterocycles. The lowest BCUT2D eigenvalue weighted by molar-refractivity contribution is -0.110. The highest BCUT2D eigenvalue weighted by atomic mass is 16.3. The standard InChI is InChI=1S/C29H29NO3/c31-27(21-11-3-1-4-12-21)23-15-7-8-16-24(23)28(32)30-20-19-29(33,22-13-5-2-6-14-22)25-17-9-10-18-26(25)30/h1-8,11-16,25-26,33H,9-10,17-20H2/t25-,26?,29-/m0/s1. The first-order chi connectivity index (χ1) is 16.1. The summed E-state index contributed by atoms with van der Waals surface area (Å²) in [6, 6.07) is 26.1. The van der Waals surface area contributed by atoms with Crippen LogP contribution in [0.3, 0.4) is 0 Å². The summed E-state index contributed by atoms with van der Waals surface area (Å²) in [4.78, 5) is 29.0. The van der Waals surface area contributed by atoms with Gasteiger partial charge in [0.25, 0.3) is 5.91 Å². The lowest BCUT2D eigenvalue weighted by atomic mass is 9.66. The van der Waals surface area contributed by atoms with Crippen LogP contribution in [0, 0.1) is 5.92 Å². The molecule has 3 atom stereocenters. The van der Waals surface area contributed by atoms with E-state index in [-0.39, 0.29) is 23.7 Å². The van der Waals surface area contributed by atoms with Crippen LogP contribution in [0.4, 0.5) is 0 Å². The smallest absolute Gasteiger partial charge is 0.254 e. The fourth-order valence-corrected chi connectivity index (χ4v) is 5.79. The van der Waals surface area contributed by atoms with Gasteiger partial charge in [-0.15, -0.1) is 0 Å². The molecule has 5 rings (SSSR count). The summed E-state index contributed by atoms with van der Waals surface area (Å²) >= 11 is 0. The van der Waals surface area contributed by atoms with E-state index in [4.69, 9.17) is 0 Å². The first-order valence-electron chi connectivity index (χ1n) is 11.9. The molecule has 1 amide bonds. The summed E-state index contributed by atoms with van der Waals surface area (Å²) in [5, 5.41) is 11.8. The van der Waals surface area contributed by atoms with Crippen molar-refractivity contribution in [1.82, 2.24) is 4.90 Å². The van der Waals surface area contributed by atoms with E-state index in [0.29, 0.717) is 29.7 Å². The van der Waals surface area contributed by atoms with E-state index in [1.807, 2.05) is 59.5 Å². The highest BCUT2D eigenvalue weighted by molar-refractivity contribution is 6.15. The van der Waals surface area contributed by atoms with Crippen molar-refractivity contribution in [2.75, 3.05) is 6.54 Å². The molecule has 0 bridgehead atoms. The number of aliphatic hydroxyl groups is 1. The van der Waals surface area contributed by atoms with Crippen molar-refractivity contribution in [3.05, 3.63) is 107 Å². The third-order valence-corrected chi connectivity index (χ3v) is 7.45. The van der Waals surface area contributed by atoms with Gasteiger partial charge in [0.2, 0.25) is 0 Å². The van der Waals surface area contributed by atoms with Gasteiger partial charge in [-0.2, -0.15) is 0 Å². The SMILES string of the molecule is O=C(c1ccccc1)c1ccccc1C(=O)N1CC[C@](O)(c2ccccc2)[C@H]2CCCCC21. The molecule has 4 nitrogen and oxygen atoms in total. The largest absolute Gasteiger partial charge is 0.385 e. The average Bonchev–Trinajstić information content (AvgIpc) is 2.89. The van der Waals surface area contributed by atoms with Crippen LogP contribution < -0.4 is 0 Å². The quantitative estimate of drug-likeness (QED) is 0.568. The van der Waals surface area contributed by atoms with Gasteiger partial charge in [0.15, 0.2) is 5.78 Å². The molecule has 0 radical (unpaired) electrons. The molecule has 4 heteroatoms. The number of nitrogens with zero attached hydrogens (tertiary/aromatic N) is 1. The summed E-state index contributed by atoms with van der Waals surface area (Å²) in [6.07, 6.45) is 4.37. The summed E-state index contributed by atoms with van der Waals surface area (Å²) < 4.78 is 0. The predicted octanol–water partition coefficient (Wildman–Crippen LogP) is 5.21. The molecule has 2 aliphatic rings. The van der Waals surface area contributed by atoms with Gasteiger partial charge in [0.05, 0.1) is 11.2 Å². The average molecular weight is 440 g/mol. The Morgan fingerprint density at radius 3 is 2.12 bits per heavy atom. The molecule has 0 spiro atoms. The molecule has 3 aromatic rings. The van der Waals surface area contributed by atoms with E-state index < -0.39 is 5.60 Å². The number of hydrogen-bond acceptors (Lipinski definition) is 3. The normalized spacial score (nSPS) is 24.7. The second-order valence-corrected chi connectivity index (χ2v) is 9.24. The van der Waals surface area contributed by atoms with E-state index in [9.17, 15) is 14.7 Å². The highest BCUT2D eigenvalue weighted by Gasteiger charge is 2.50. The maximum absolute atomic E-state index is 13.9. The maximum Gasteiger partial charge on any atom is 0.254 e. The molecule has 33 heavy (non-hydrogen) atoms. The van der Waals surface area contributed by atoms with Gasteiger partial charge in [-0.1, -0.05) is 91.7 Å². The van der Waals surface area contributed by atoms with E-state index >= 15 is 0 Å². The number of hydrogen-bond donors (Lipinski definition) is 1. The van der Waals surface area contributed by atoms with Gasteiger partial charge in [-0.05, 0) is 30.9 Å². The van der Waals surface area contributed by atoms with Crippen LogP contribution in [0.25, 0.3) is 0 Å². The van der Waals surface area contributed by atoms with Gasteiger partial charge >= 0.3 is 0 Å². The van der Waals surface area contributed by atoms with Crippen molar-refractivity contribution in [1.29, 1.82) is 0 Å². The summed E-state index contributed by atoms with van der Waals surface area (Å²) in [5.74, 6) is -0.261. The molecule has 1 heterocycles. The molecule has 1 aliphatic carbocycles. The Balaban J connectivity index is 1.48. The zero-order valence-electron chi connectivity index (χ0n) is 18.7. The zero-order chi connectivity index (χ0) is 22.8. The Hall–Kier alpha value is -3.24. The van der Waals surface area contributed by atoms with Gasteiger partial charge in [-0.3, -0.25) is 9.59 Å². The molecule has 1 unspecified atom stereocenters. The number of benzene rings is 3.